The molecular formula is C20H21NO5. The molecule has 1 fully saturated rings. The Morgan fingerprint density at radius 1 is 1.08 bits per heavy atom. The van der Waals surface area contributed by atoms with Gasteiger partial charge in [-0.25, -0.2) is 0 Å². The minimum absolute atomic E-state index is 0.0862. The van der Waals surface area contributed by atoms with Crippen LogP contribution in [-0.4, -0.2) is 42.1 Å². The zero-order valence-electron chi connectivity index (χ0n) is 14.6. The molecule has 1 saturated heterocycles. The van der Waals surface area contributed by atoms with Crippen LogP contribution in [-0.2, 0) is 16.0 Å². The predicted molar refractivity (Wildman–Crippen MR) is 95.5 cm³/mol. The van der Waals surface area contributed by atoms with Crippen molar-refractivity contribution in [2.45, 2.75) is 12.8 Å². The Balaban J connectivity index is 1.53. The molecule has 2 aromatic rings. The fraction of sp³-hybridized carbons (Fsp3) is 0.300. The van der Waals surface area contributed by atoms with E-state index in [4.69, 9.17) is 14.6 Å². The summed E-state index contributed by atoms with van der Waals surface area (Å²) < 4.78 is 10.9. The van der Waals surface area contributed by atoms with Crippen molar-refractivity contribution in [1.29, 1.82) is 0 Å². The molecule has 1 aliphatic heterocycles. The quantitative estimate of drug-likeness (QED) is 0.826. The molecule has 1 atom stereocenters. The lowest BCUT2D eigenvalue weighted by molar-refractivity contribution is -0.141. The molecule has 26 heavy (non-hydrogen) atoms. The summed E-state index contributed by atoms with van der Waals surface area (Å²) in [5.74, 6) is 0.651. The van der Waals surface area contributed by atoms with Gasteiger partial charge in [0.1, 0.15) is 17.2 Å². The number of likely N-dealkylation sites (tertiary alicyclic amines) is 1. The van der Waals surface area contributed by atoms with Crippen molar-refractivity contribution in [1.82, 2.24) is 4.90 Å². The lowest BCUT2D eigenvalue weighted by atomic mass is 10.1. The number of carbonyl (C=O) groups is 2. The smallest absolute Gasteiger partial charge is 0.308 e. The Bertz CT molecular complexity index is 770. The zero-order chi connectivity index (χ0) is 18.5. The molecule has 1 N–H and O–H groups in total. The Labute approximate surface area is 152 Å². The standard InChI is InChI=1S/C20H21NO5/c1-25-16-6-8-18(9-7-16)26-17-4-2-14(3-5-17)10-11-21-13-15(20(23)24)12-19(21)22/h2-9,15H,10-13H2,1H3,(H,23,24). The Morgan fingerprint density at radius 2 is 1.65 bits per heavy atom. The van der Waals surface area contributed by atoms with E-state index in [2.05, 4.69) is 0 Å². The molecule has 0 aromatic heterocycles. The summed E-state index contributed by atoms with van der Waals surface area (Å²) in [7, 11) is 1.62. The number of carbonyl (C=O) groups excluding carboxylic acids is 1. The molecule has 1 aliphatic rings. The van der Waals surface area contributed by atoms with Gasteiger partial charge >= 0.3 is 5.97 Å². The largest absolute Gasteiger partial charge is 0.497 e. The molecule has 0 bridgehead atoms. The molecule has 1 unspecified atom stereocenters. The fourth-order valence-corrected chi connectivity index (χ4v) is 2.92. The minimum atomic E-state index is -0.902. The van der Waals surface area contributed by atoms with Crippen molar-refractivity contribution in [3.8, 4) is 17.2 Å². The molecule has 6 nitrogen and oxygen atoms in total. The Kier molecular flexibility index (Phi) is 5.41. The number of methoxy groups -OCH3 is 1. The van der Waals surface area contributed by atoms with Gasteiger partial charge in [-0.2, -0.15) is 0 Å². The number of carboxylic acids is 1. The summed E-state index contributed by atoms with van der Waals surface area (Å²) in [5, 5.41) is 9.02. The fourth-order valence-electron chi connectivity index (χ4n) is 2.92. The van der Waals surface area contributed by atoms with E-state index in [-0.39, 0.29) is 12.3 Å². The van der Waals surface area contributed by atoms with Crippen LogP contribution in [0, 0.1) is 5.92 Å². The number of benzene rings is 2. The van der Waals surface area contributed by atoms with Crippen molar-refractivity contribution in [2.24, 2.45) is 5.92 Å². The van der Waals surface area contributed by atoms with Crippen molar-refractivity contribution in [2.75, 3.05) is 20.2 Å². The average Bonchev–Trinajstić information content (AvgIpc) is 3.03. The van der Waals surface area contributed by atoms with Gasteiger partial charge in [-0.15, -0.1) is 0 Å². The first kappa shape index (κ1) is 17.8. The van der Waals surface area contributed by atoms with E-state index in [9.17, 15) is 9.59 Å². The Hall–Kier alpha value is -3.02. The number of aliphatic carboxylic acids is 1. The number of nitrogens with zero attached hydrogens (tertiary/aromatic N) is 1. The van der Waals surface area contributed by atoms with E-state index in [1.807, 2.05) is 48.5 Å². The SMILES string of the molecule is COc1ccc(Oc2ccc(CCN3CC(C(=O)O)CC3=O)cc2)cc1. The van der Waals surface area contributed by atoms with Gasteiger partial charge in [0.05, 0.1) is 13.0 Å². The molecule has 1 heterocycles. The van der Waals surface area contributed by atoms with Crippen LogP contribution in [0.25, 0.3) is 0 Å². The normalized spacial score (nSPS) is 16.6. The third-order valence-electron chi connectivity index (χ3n) is 4.45. The van der Waals surface area contributed by atoms with Crippen molar-refractivity contribution >= 4 is 11.9 Å². The number of amides is 1. The summed E-state index contributed by atoms with van der Waals surface area (Å²) in [6, 6.07) is 15.0. The van der Waals surface area contributed by atoms with Gasteiger partial charge in [0.15, 0.2) is 0 Å². The summed E-state index contributed by atoms with van der Waals surface area (Å²) in [5.41, 5.74) is 1.07. The van der Waals surface area contributed by atoms with Crippen LogP contribution < -0.4 is 9.47 Å². The third-order valence-corrected chi connectivity index (χ3v) is 4.45. The lowest BCUT2D eigenvalue weighted by Crippen LogP contribution is -2.28. The molecule has 1 amide bonds. The first-order valence-corrected chi connectivity index (χ1v) is 8.46. The molecule has 6 heteroatoms. The van der Waals surface area contributed by atoms with Gasteiger partial charge in [0.2, 0.25) is 5.91 Å². The molecule has 136 valence electrons. The van der Waals surface area contributed by atoms with Crippen molar-refractivity contribution < 1.29 is 24.2 Å². The summed E-state index contributed by atoms with van der Waals surface area (Å²) in [6.45, 7) is 0.828. The molecule has 3 rings (SSSR count). The van der Waals surface area contributed by atoms with E-state index in [1.165, 1.54) is 0 Å². The van der Waals surface area contributed by atoms with Gasteiger partial charge in [0, 0.05) is 19.5 Å². The second-order valence-corrected chi connectivity index (χ2v) is 6.25. The molecular weight excluding hydrogens is 334 g/mol. The number of rotatable bonds is 7. The highest BCUT2D eigenvalue weighted by Gasteiger charge is 2.33. The predicted octanol–water partition coefficient (Wildman–Crippen LogP) is 2.96. The van der Waals surface area contributed by atoms with Gasteiger partial charge in [-0.3, -0.25) is 9.59 Å². The maximum Gasteiger partial charge on any atom is 0.308 e. The first-order valence-electron chi connectivity index (χ1n) is 8.46. The van der Waals surface area contributed by atoms with E-state index in [1.54, 1.807) is 12.0 Å². The van der Waals surface area contributed by atoms with E-state index in [0.29, 0.717) is 19.5 Å². The van der Waals surface area contributed by atoms with Crippen molar-refractivity contribution in [3.05, 3.63) is 54.1 Å². The summed E-state index contributed by atoms with van der Waals surface area (Å²) >= 11 is 0. The number of carboxylic acid groups (broad SMARTS) is 1. The van der Waals surface area contributed by atoms with Crippen LogP contribution in [0.1, 0.15) is 12.0 Å². The third kappa shape index (κ3) is 4.33. The molecule has 0 aliphatic carbocycles. The first-order chi connectivity index (χ1) is 12.5. The van der Waals surface area contributed by atoms with Gasteiger partial charge in [-0.1, -0.05) is 12.1 Å². The van der Waals surface area contributed by atoms with Crippen LogP contribution in [0.5, 0.6) is 17.2 Å². The topological polar surface area (TPSA) is 76.1 Å². The van der Waals surface area contributed by atoms with Crippen LogP contribution in [0.3, 0.4) is 0 Å². The molecule has 0 spiro atoms. The Morgan fingerprint density at radius 3 is 2.19 bits per heavy atom. The zero-order valence-corrected chi connectivity index (χ0v) is 14.6. The van der Waals surface area contributed by atoms with E-state index < -0.39 is 11.9 Å². The maximum atomic E-state index is 11.8. The molecule has 0 radical (unpaired) electrons. The van der Waals surface area contributed by atoms with Crippen LogP contribution in [0.4, 0.5) is 0 Å². The maximum absolute atomic E-state index is 11.8. The lowest BCUT2D eigenvalue weighted by Gasteiger charge is -2.16. The molecule has 2 aromatic carbocycles. The minimum Gasteiger partial charge on any atom is -0.497 e. The highest BCUT2D eigenvalue weighted by atomic mass is 16.5. The second kappa shape index (κ2) is 7.91. The van der Waals surface area contributed by atoms with Gasteiger partial charge in [-0.05, 0) is 48.4 Å². The summed E-state index contributed by atoms with van der Waals surface area (Å²) in [6.07, 6.45) is 0.783. The average molecular weight is 355 g/mol. The van der Waals surface area contributed by atoms with Gasteiger partial charge < -0.3 is 19.5 Å². The highest BCUT2D eigenvalue weighted by Crippen LogP contribution is 2.24. The number of hydrogen-bond donors (Lipinski definition) is 1. The number of ether oxygens (including phenoxy) is 2. The molecule has 0 saturated carbocycles. The number of hydrogen-bond acceptors (Lipinski definition) is 4. The van der Waals surface area contributed by atoms with E-state index in [0.717, 1.165) is 22.8 Å². The van der Waals surface area contributed by atoms with E-state index >= 15 is 0 Å². The van der Waals surface area contributed by atoms with Crippen LogP contribution in [0.2, 0.25) is 0 Å². The summed E-state index contributed by atoms with van der Waals surface area (Å²) in [4.78, 5) is 24.5. The van der Waals surface area contributed by atoms with Gasteiger partial charge in [0.25, 0.3) is 0 Å². The monoisotopic (exact) mass is 355 g/mol. The second-order valence-electron chi connectivity index (χ2n) is 6.25. The van der Waals surface area contributed by atoms with Crippen LogP contribution >= 0.6 is 0 Å². The van der Waals surface area contributed by atoms with Crippen LogP contribution in [0.15, 0.2) is 48.5 Å². The highest BCUT2D eigenvalue weighted by molar-refractivity contribution is 5.86. The van der Waals surface area contributed by atoms with Crippen molar-refractivity contribution in [3.63, 3.8) is 0 Å².